The number of urea groups is 1. The van der Waals surface area contributed by atoms with Crippen LogP contribution < -0.4 is 10.6 Å². The van der Waals surface area contributed by atoms with Crippen molar-refractivity contribution in [2.75, 3.05) is 6.54 Å². The molecule has 0 saturated heterocycles. The molecular formula is C16H19N3OS. The molecular weight excluding hydrogens is 282 g/mol. The van der Waals surface area contributed by atoms with E-state index in [0.29, 0.717) is 13.1 Å². The second-order valence-electron chi connectivity index (χ2n) is 5.54. The average molecular weight is 301 g/mol. The number of nitrogens with one attached hydrogen (secondary N) is 2. The number of nitrogens with zero attached hydrogens (tertiary/aromatic N) is 1. The molecule has 5 heteroatoms. The molecule has 1 saturated carbocycles. The van der Waals surface area contributed by atoms with Crippen LogP contribution in [-0.2, 0) is 12.0 Å². The number of amides is 2. The molecule has 1 aliphatic carbocycles. The van der Waals surface area contributed by atoms with Crippen LogP contribution in [0.5, 0.6) is 0 Å². The SMILES string of the molecule is Cc1nc(CNC(=O)NCC2(c3ccccc3)CC2)cs1. The van der Waals surface area contributed by atoms with Gasteiger partial charge in [0.05, 0.1) is 17.2 Å². The highest BCUT2D eigenvalue weighted by Gasteiger charge is 2.44. The van der Waals surface area contributed by atoms with Crippen molar-refractivity contribution in [2.24, 2.45) is 0 Å². The number of hydrogen-bond acceptors (Lipinski definition) is 3. The van der Waals surface area contributed by atoms with Gasteiger partial charge in [0.1, 0.15) is 0 Å². The van der Waals surface area contributed by atoms with Gasteiger partial charge in [-0.25, -0.2) is 9.78 Å². The molecule has 1 fully saturated rings. The van der Waals surface area contributed by atoms with Crippen LogP contribution in [-0.4, -0.2) is 17.6 Å². The van der Waals surface area contributed by atoms with Gasteiger partial charge in [-0.2, -0.15) is 0 Å². The fourth-order valence-corrected chi connectivity index (χ4v) is 3.09. The molecule has 0 aliphatic heterocycles. The topological polar surface area (TPSA) is 54.0 Å². The molecule has 1 aliphatic rings. The van der Waals surface area contributed by atoms with Gasteiger partial charge in [-0.05, 0) is 25.3 Å². The summed E-state index contributed by atoms with van der Waals surface area (Å²) in [4.78, 5) is 16.2. The van der Waals surface area contributed by atoms with Crippen LogP contribution in [0.4, 0.5) is 4.79 Å². The maximum absolute atomic E-state index is 11.9. The van der Waals surface area contributed by atoms with Crippen molar-refractivity contribution >= 4 is 17.4 Å². The van der Waals surface area contributed by atoms with Gasteiger partial charge in [-0.1, -0.05) is 30.3 Å². The average Bonchev–Trinajstić information content (AvgIpc) is 3.20. The minimum absolute atomic E-state index is 0.122. The fraction of sp³-hybridized carbons (Fsp3) is 0.375. The molecule has 0 radical (unpaired) electrons. The van der Waals surface area contributed by atoms with E-state index in [0.717, 1.165) is 23.5 Å². The van der Waals surface area contributed by atoms with Crippen LogP contribution >= 0.6 is 11.3 Å². The van der Waals surface area contributed by atoms with Crippen molar-refractivity contribution in [1.29, 1.82) is 0 Å². The molecule has 1 heterocycles. The Balaban J connectivity index is 1.48. The fourth-order valence-electron chi connectivity index (χ4n) is 2.48. The van der Waals surface area contributed by atoms with Crippen LogP contribution in [0.1, 0.15) is 29.1 Å². The number of thiazole rings is 1. The number of carbonyl (C=O) groups is 1. The number of aromatic nitrogens is 1. The molecule has 0 spiro atoms. The molecule has 0 bridgehead atoms. The molecule has 1 aromatic heterocycles. The summed E-state index contributed by atoms with van der Waals surface area (Å²) in [5.41, 5.74) is 2.38. The van der Waals surface area contributed by atoms with E-state index in [4.69, 9.17) is 0 Å². The number of carbonyl (C=O) groups excluding carboxylic acids is 1. The lowest BCUT2D eigenvalue weighted by Gasteiger charge is -2.16. The zero-order chi connectivity index (χ0) is 14.7. The monoisotopic (exact) mass is 301 g/mol. The van der Waals surface area contributed by atoms with E-state index < -0.39 is 0 Å². The highest BCUT2D eigenvalue weighted by Crippen LogP contribution is 2.47. The second kappa shape index (κ2) is 5.85. The quantitative estimate of drug-likeness (QED) is 0.892. The van der Waals surface area contributed by atoms with Crippen molar-refractivity contribution in [3.8, 4) is 0 Å². The Hall–Kier alpha value is -1.88. The molecule has 4 nitrogen and oxygen atoms in total. The first-order valence-corrected chi connectivity index (χ1v) is 8.04. The molecule has 21 heavy (non-hydrogen) atoms. The van der Waals surface area contributed by atoms with Crippen LogP contribution in [0.25, 0.3) is 0 Å². The van der Waals surface area contributed by atoms with E-state index in [9.17, 15) is 4.79 Å². The van der Waals surface area contributed by atoms with E-state index in [-0.39, 0.29) is 11.4 Å². The first kappa shape index (κ1) is 14.1. The van der Waals surface area contributed by atoms with E-state index in [1.54, 1.807) is 11.3 Å². The molecule has 0 unspecified atom stereocenters. The molecule has 1 aromatic carbocycles. The Labute approximate surface area is 128 Å². The number of benzene rings is 1. The summed E-state index contributed by atoms with van der Waals surface area (Å²) < 4.78 is 0. The first-order chi connectivity index (χ1) is 10.2. The maximum atomic E-state index is 11.9. The van der Waals surface area contributed by atoms with Crippen molar-refractivity contribution in [1.82, 2.24) is 15.6 Å². The smallest absolute Gasteiger partial charge is 0.315 e. The Bertz CT molecular complexity index is 619. The van der Waals surface area contributed by atoms with E-state index in [1.807, 2.05) is 18.4 Å². The third kappa shape index (κ3) is 3.42. The van der Waals surface area contributed by atoms with Gasteiger partial charge in [0.15, 0.2) is 0 Å². The molecule has 3 rings (SSSR count). The van der Waals surface area contributed by atoms with Crippen LogP contribution in [0, 0.1) is 6.92 Å². The van der Waals surface area contributed by atoms with Crippen LogP contribution in [0.3, 0.4) is 0 Å². The van der Waals surface area contributed by atoms with E-state index in [1.165, 1.54) is 5.56 Å². The predicted octanol–water partition coefficient (Wildman–Crippen LogP) is 2.98. The summed E-state index contributed by atoms with van der Waals surface area (Å²) >= 11 is 1.60. The lowest BCUT2D eigenvalue weighted by molar-refractivity contribution is 0.239. The first-order valence-electron chi connectivity index (χ1n) is 7.16. The Morgan fingerprint density at radius 2 is 2.05 bits per heavy atom. The Morgan fingerprint density at radius 3 is 2.67 bits per heavy atom. The molecule has 2 amide bonds. The summed E-state index contributed by atoms with van der Waals surface area (Å²) in [5, 5.41) is 8.84. The molecule has 0 atom stereocenters. The highest BCUT2D eigenvalue weighted by atomic mass is 32.1. The van der Waals surface area contributed by atoms with Gasteiger partial charge in [0, 0.05) is 17.3 Å². The van der Waals surface area contributed by atoms with Gasteiger partial charge in [-0.15, -0.1) is 11.3 Å². The largest absolute Gasteiger partial charge is 0.337 e. The van der Waals surface area contributed by atoms with E-state index >= 15 is 0 Å². The highest BCUT2D eigenvalue weighted by molar-refractivity contribution is 7.09. The Morgan fingerprint density at radius 1 is 1.29 bits per heavy atom. The maximum Gasteiger partial charge on any atom is 0.315 e. The van der Waals surface area contributed by atoms with E-state index in [2.05, 4.69) is 39.9 Å². The summed E-state index contributed by atoms with van der Waals surface area (Å²) in [6, 6.07) is 10.3. The molecule has 2 aromatic rings. The summed E-state index contributed by atoms with van der Waals surface area (Å²) in [6.45, 7) is 3.14. The third-order valence-corrected chi connectivity index (χ3v) is 4.75. The summed E-state index contributed by atoms with van der Waals surface area (Å²) in [6.07, 6.45) is 2.28. The van der Waals surface area contributed by atoms with Crippen LogP contribution in [0.15, 0.2) is 35.7 Å². The lowest BCUT2D eigenvalue weighted by Crippen LogP contribution is -2.39. The van der Waals surface area contributed by atoms with Gasteiger partial charge >= 0.3 is 6.03 Å². The van der Waals surface area contributed by atoms with Crippen molar-refractivity contribution in [2.45, 2.75) is 31.7 Å². The standard InChI is InChI=1S/C16H19N3OS/c1-12-19-14(10-21-12)9-17-15(20)18-11-16(7-8-16)13-5-3-2-4-6-13/h2-6,10H,7-9,11H2,1H3,(H2,17,18,20). The number of hydrogen-bond donors (Lipinski definition) is 2. The van der Waals surface area contributed by atoms with Crippen LogP contribution in [0.2, 0.25) is 0 Å². The zero-order valence-electron chi connectivity index (χ0n) is 12.1. The minimum Gasteiger partial charge on any atom is -0.337 e. The van der Waals surface area contributed by atoms with Gasteiger partial charge in [0.25, 0.3) is 0 Å². The Kier molecular flexibility index (Phi) is 3.92. The third-order valence-electron chi connectivity index (χ3n) is 3.92. The summed E-state index contributed by atoms with van der Waals surface area (Å²) in [7, 11) is 0. The van der Waals surface area contributed by atoms with Crippen molar-refractivity contribution in [3.05, 3.63) is 52.0 Å². The minimum atomic E-state index is -0.122. The lowest BCUT2D eigenvalue weighted by atomic mass is 9.96. The number of rotatable bonds is 5. The van der Waals surface area contributed by atoms with Gasteiger partial charge in [-0.3, -0.25) is 0 Å². The molecule has 2 N–H and O–H groups in total. The zero-order valence-corrected chi connectivity index (χ0v) is 12.9. The molecule has 110 valence electrons. The van der Waals surface area contributed by atoms with Gasteiger partial charge < -0.3 is 10.6 Å². The van der Waals surface area contributed by atoms with Crippen molar-refractivity contribution < 1.29 is 4.79 Å². The second-order valence-corrected chi connectivity index (χ2v) is 6.60. The predicted molar refractivity (Wildman–Crippen MR) is 84.4 cm³/mol. The van der Waals surface area contributed by atoms with Crippen molar-refractivity contribution in [3.63, 3.8) is 0 Å². The summed E-state index contributed by atoms with van der Waals surface area (Å²) in [5.74, 6) is 0. The normalized spacial score (nSPS) is 15.5. The number of aryl methyl sites for hydroxylation is 1. The van der Waals surface area contributed by atoms with Gasteiger partial charge in [0.2, 0.25) is 0 Å².